The monoisotopic (exact) mass is 254 g/mol. The largest absolute Gasteiger partial charge is 0.298 e. The first-order valence-electron chi connectivity index (χ1n) is 5.53. The molecule has 1 amide bonds. The lowest BCUT2D eigenvalue weighted by Gasteiger charge is -2.05. The number of rotatable bonds is 2. The van der Waals surface area contributed by atoms with Crippen molar-refractivity contribution in [1.82, 2.24) is 4.98 Å². The van der Waals surface area contributed by atoms with Crippen LogP contribution in [0.25, 0.3) is 10.8 Å². The standard InChI is InChI=1S/C14H10N2OS/c17-13(16-14-15-8-9-18-14)12-7-3-5-10-4-1-2-6-11(10)12/h1-9H,(H,15,16,17). The van der Waals surface area contributed by atoms with Crippen molar-refractivity contribution in [2.45, 2.75) is 0 Å². The van der Waals surface area contributed by atoms with Crippen molar-refractivity contribution in [1.29, 1.82) is 0 Å². The Labute approximate surface area is 108 Å². The number of benzene rings is 2. The van der Waals surface area contributed by atoms with Gasteiger partial charge in [0.05, 0.1) is 0 Å². The summed E-state index contributed by atoms with van der Waals surface area (Å²) in [6.45, 7) is 0. The molecule has 3 aromatic rings. The summed E-state index contributed by atoms with van der Waals surface area (Å²) in [5, 5.41) is 7.26. The summed E-state index contributed by atoms with van der Waals surface area (Å²) < 4.78 is 0. The maximum absolute atomic E-state index is 12.2. The Morgan fingerprint density at radius 2 is 1.94 bits per heavy atom. The van der Waals surface area contributed by atoms with Crippen molar-refractivity contribution in [3.05, 3.63) is 59.6 Å². The Morgan fingerprint density at radius 3 is 2.78 bits per heavy atom. The lowest BCUT2D eigenvalue weighted by Crippen LogP contribution is -2.11. The number of hydrogen-bond acceptors (Lipinski definition) is 3. The van der Waals surface area contributed by atoms with Gasteiger partial charge in [0, 0.05) is 17.1 Å². The Kier molecular flexibility index (Phi) is 2.78. The number of hydrogen-bond donors (Lipinski definition) is 1. The molecule has 18 heavy (non-hydrogen) atoms. The van der Waals surface area contributed by atoms with Crippen molar-refractivity contribution >= 4 is 33.1 Å². The van der Waals surface area contributed by atoms with Crippen LogP contribution in [0.4, 0.5) is 5.13 Å². The van der Waals surface area contributed by atoms with Gasteiger partial charge in [-0.3, -0.25) is 10.1 Å². The maximum Gasteiger partial charge on any atom is 0.258 e. The van der Waals surface area contributed by atoms with Crippen molar-refractivity contribution in [3.8, 4) is 0 Å². The summed E-state index contributed by atoms with van der Waals surface area (Å²) in [7, 11) is 0. The molecular formula is C14H10N2OS. The van der Waals surface area contributed by atoms with Crippen molar-refractivity contribution in [3.63, 3.8) is 0 Å². The molecule has 0 bridgehead atoms. The average Bonchev–Trinajstić information content (AvgIpc) is 2.91. The number of aromatic nitrogens is 1. The van der Waals surface area contributed by atoms with Crippen LogP contribution in [0.1, 0.15) is 10.4 Å². The van der Waals surface area contributed by atoms with E-state index >= 15 is 0 Å². The zero-order valence-corrected chi connectivity index (χ0v) is 10.3. The molecule has 0 aliphatic carbocycles. The third-order valence-electron chi connectivity index (χ3n) is 2.69. The number of thiazole rings is 1. The van der Waals surface area contributed by atoms with Crippen LogP contribution in [0.3, 0.4) is 0 Å². The summed E-state index contributed by atoms with van der Waals surface area (Å²) in [4.78, 5) is 16.2. The highest BCUT2D eigenvalue weighted by Crippen LogP contribution is 2.20. The highest BCUT2D eigenvalue weighted by Gasteiger charge is 2.10. The van der Waals surface area contributed by atoms with Crippen LogP contribution in [-0.4, -0.2) is 10.9 Å². The first-order valence-corrected chi connectivity index (χ1v) is 6.41. The predicted molar refractivity (Wildman–Crippen MR) is 74.0 cm³/mol. The summed E-state index contributed by atoms with van der Waals surface area (Å²) in [6, 6.07) is 13.6. The smallest absolute Gasteiger partial charge is 0.258 e. The summed E-state index contributed by atoms with van der Waals surface area (Å²) >= 11 is 1.41. The fourth-order valence-electron chi connectivity index (χ4n) is 1.87. The molecule has 0 atom stereocenters. The van der Waals surface area contributed by atoms with Gasteiger partial charge < -0.3 is 0 Å². The molecule has 0 saturated carbocycles. The van der Waals surface area contributed by atoms with Gasteiger partial charge in [-0.2, -0.15) is 0 Å². The van der Waals surface area contributed by atoms with Gasteiger partial charge >= 0.3 is 0 Å². The molecule has 0 aliphatic rings. The molecule has 0 spiro atoms. The normalized spacial score (nSPS) is 10.4. The van der Waals surface area contributed by atoms with Gasteiger partial charge in [0.15, 0.2) is 5.13 Å². The molecule has 0 fully saturated rings. The van der Waals surface area contributed by atoms with Gasteiger partial charge in [-0.15, -0.1) is 11.3 Å². The summed E-state index contributed by atoms with van der Waals surface area (Å²) in [6.07, 6.45) is 1.67. The number of nitrogens with zero attached hydrogens (tertiary/aromatic N) is 1. The lowest BCUT2D eigenvalue weighted by molar-refractivity contribution is 0.102. The maximum atomic E-state index is 12.2. The highest BCUT2D eigenvalue weighted by atomic mass is 32.1. The second kappa shape index (κ2) is 4.58. The Bertz CT molecular complexity index is 687. The minimum atomic E-state index is -0.123. The topological polar surface area (TPSA) is 42.0 Å². The van der Waals surface area contributed by atoms with Crippen LogP contribution in [0.5, 0.6) is 0 Å². The van der Waals surface area contributed by atoms with Crippen molar-refractivity contribution in [2.24, 2.45) is 0 Å². The molecule has 4 heteroatoms. The number of carbonyl (C=O) groups excluding carboxylic acids is 1. The van der Waals surface area contributed by atoms with Gasteiger partial charge in [-0.25, -0.2) is 4.98 Å². The molecule has 0 radical (unpaired) electrons. The number of fused-ring (bicyclic) bond motifs is 1. The molecule has 88 valence electrons. The Balaban J connectivity index is 2.01. The van der Waals surface area contributed by atoms with E-state index < -0.39 is 0 Å². The summed E-state index contributed by atoms with van der Waals surface area (Å²) in [5.74, 6) is -0.123. The fourth-order valence-corrected chi connectivity index (χ4v) is 2.40. The number of anilines is 1. The van der Waals surface area contributed by atoms with Crippen LogP contribution >= 0.6 is 11.3 Å². The van der Waals surface area contributed by atoms with Gasteiger partial charge in [-0.1, -0.05) is 36.4 Å². The molecule has 0 aliphatic heterocycles. The Hall–Kier alpha value is -2.20. The van der Waals surface area contributed by atoms with E-state index in [1.807, 2.05) is 47.8 Å². The number of amides is 1. The summed E-state index contributed by atoms with van der Waals surface area (Å²) in [5.41, 5.74) is 0.670. The van der Waals surface area contributed by atoms with Gasteiger partial charge in [-0.05, 0) is 16.8 Å². The molecule has 0 saturated heterocycles. The molecule has 1 heterocycles. The second-order valence-corrected chi connectivity index (χ2v) is 4.71. The lowest BCUT2D eigenvalue weighted by atomic mass is 10.0. The van der Waals surface area contributed by atoms with E-state index in [-0.39, 0.29) is 5.91 Å². The minimum absolute atomic E-state index is 0.123. The van der Waals surface area contributed by atoms with Crippen LogP contribution < -0.4 is 5.32 Å². The van der Waals surface area contributed by atoms with E-state index in [2.05, 4.69) is 10.3 Å². The number of carbonyl (C=O) groups is 1. The molecular weight excluding hydrogens is 244 g/mol. The highest BCUT2D eigenvalue weighted by molar-refractivity contribution is 7.13. The van der Waals surface area contributed by atoms with Gasteiger partial charge in [0.25, 0.3) is 5.91 Å². The van der Waals surface area contributed by atoms with Gasteiger partial charge in [0.2, 0.25) is 0 Å². The van der Waals surface area contributed by atoms with E-state index in [0.29, 0.717) is 10.7 Å². The molecule has 2 aromatic carbocycles. The van der Waals surface area contributed by atoms with Crippen LogP contribution in [0.15, 0.2) is 54.0 Å². The van der Waals surface area contributed by atoms with E-state index in [1.165, 1.54) is 11.3 Å². The molecule has 0 unspecified atom stereocenters. The first-order chi connectivity index (χ1) is 8.84. The SMILES string of the molecule is O=C(Nc1nccs1)c1cccc2ccccc12. The van der Waals surface area contributed by atoms with E-state index in [1.54, 1.807) is 6.20 Å². The van der Waals surface area contributed by atoms with E-state index in [0.717, 1.165) is 10.8 Å². The second-order valence-electron chi connectivity index (χ2n) is 3.82. The molecule has 1 aromatic heterocycles. The fraction of sp³-hybridized carbons (Fsp3) is 0. The molecule has 3 nitrogen and oxygen atoms in total. The number of nitrogens with one attached hydrogen (secondary N) is 1. The van der Waals surface area contributed by atoms with Crippen molar-refractivity contribution < 1.29 is 4.79 Å². The minimum Gasteiger partial charge on any atom is -0.298 e. The predicted octanol–water partition coefficient (Wildman–Crippen LogP) is 3.55. The molecule has 3 rings (SSSR count). The third-order valence-corrected chi connectivity index (χ3v) is 3.38. The first kappa shape index (κ1) is 10.9. The molecule has 1 N–H and O–H groups in total. The van der Waals surface area contributed by atoms with Crippen molar-refractivity contribution in [2.75, 3.05) is 5.32 Å². The van der Waals surface area contributed by atoms with Crippen LogP contribution in [-0.2, 0) is 0 Å². The van der Waals surface area contributed by atoms with E-state index in [4.69, 9.17) is 0 Å². The third kappa shape index (κ3) is 1.98. The van der Waals surface area contributed by atoms with Gasteiger partial charge in [0.1, 0.15) is 0 Å². The zero-order chi connectivity index (χ0) is 12.4. The van der Waals surface area contributed by atoms with E-state index in [9.17, 15) is 4.79 Å². The Morgan fingerprint density at radius 1 is 1.11 bits per heavy atom. The van der Waals surface area contributed by atoms with Crippen LogP contribution in [0, 0.1) is 0 Å². The van der Waals surface area contributed by atoms with Crippen LogP contribution in [0.2, 0.25) is 0 Å². The zero-order valence-electron chi connectivity index (χ0n) is 9.46. The quantitative estimate of drug-likeness (QED) is 0.760. The average molecular weight is 254 g/mol.